The zero-order chi connectivity index (χ0) is 13.7. The molecule has 1 N–H and O–H groups in total. The fourth-order valence-corrected chi connectivity index (χ4v) is 1.66. The van der Waals surface area contributed by atoms with Crippen LogP contribution in [-0.2, 0) is 0 Å². The topological polar surface area (TPSA) is 62.1 Å². The van der Waals surface area contributed by atoms with Crippen LogP contribution in [0.4, 0.5) is 5.69 Å². The number of benzene rings is 2. The standard InChI is InChI=1S/C15H12N2O2/c1-19-14-5-3-2-4-13(14)15(18)17-12-8-6-11(10-16)7-9-12/h2-9H,1H3,(H,17,18). The van der Waals surface area contributed by atoms with Crippen LogP contribution in [0.25, 0.3) is 0 Å². The van der Waals surface area contributed by atoms with Crippen molar-refractivity contribution in [1.29, 1.82) is 5.26 Å². The number of rotatable bonds is 3. The van der Waals surface area contributed by atoms with Gasteiger partial charge in [0.05, 0.1) is 24.3 Å². The third-order valence-electron chi connectivity index (χ3n) is 2.62. The van der Waals surface area contributed by atoms with E-state index >= 15 is 0 Å². The zero-order valence-electron chi connectivity index (χ0n) is 10.4. The Balaban J connectivity index is 2.18. The Morgan fingerprint density at radius 3 is 2.47 bits per heavy atom. The summed E-state index contributed by atoms with van der Waals surface area (Å²) >= 11 is 0. The van der Waals surface area contributed by atoms with Crippen molar-refractivity contribution in [3.63, 3.8) is 0 Å². The quantitative estimate of drug-likeness (QED) is 0.913. The largest absolute Gasteiger partial charge is 0.496 e. The first kappa shape index (κ1) is 12.7. The van der Waals surface area contributed by atoms with Gasteiger partial charge in [-0.1, -0.05) is 12.1 Å². The van der Waals surface area contributed by atoms with Gasteiger partial charge in [-0.25, -0.2) is 0 Å². The van der Waals surface area contributed by atoms with E-state index in [1.54, 1.807) is 48.5 Å². The Hall–Kier alpha value is -2.80. The van der Waals surface area contributed by atoms with Crippen molar-refractivity contribution in [3.05, 3.63) is 59.7 Å². The Kier molecular flexibility index (Phi) is 3.79. The molecular weight excluding hydrogens is 240 g/mol. The molecule has 0 radical (unpaired) electrons. The number of anilines is 1. The molecule has 2 aromatic carbocycles. The predicted molar refractivity (Wildman–Crippen MR) is 72.1 cm³/mol. The van der Waals surface area contributed by atoms with Crippen LogP contribution in [0, 0.1) is 11.3 Å². The number of ether oxygens (including phenoxy) is 1. The number of amides is 1. The molecule has 0 spiro atoms. The summed E-state index contributed by atoms with van der Waals surface area (Å²) in [5, 5.41) is 11.5. The highest BCUT2D eigenvalue weighted by atomic mass is 16.5. The van der Waals surface area contributed by atoms with Crippen molar-refractivity contribution in [3.8, 4) is 11.8 Å². The molecule has 1 amide bonds. The van der Waals surface area contributed by atoms with E-state index in [1.807, 2.05) is 6.07 Å². The van der Waals surface area contributed by atoms with Crippen molar-refractivity contribution in [2.24, 2.45) is 0 Å². The highest BCUT2D eigenvalue weighted by Crippen LogP contribution is 2.19. The highest BCUT2D eigenvalue weighted by molar-refractivity contribution is 6.06. The van der Waals surface area contributed by atoms with Gasteiger partial charge in [0.2, 0.25) is 0 Å². The van der Waals surface area contributed by atoms with Gasteiger partial charge in [0.25, 0.3) is 5.91 Å². The Morgan fingerprint density at radius 1 is 1.16 bits per heavy atom. The van der Waals surface area contributed by atoms with Crippen molar-refractivity contribution in [2.75, 3.05) is 12.4 Å². The lowest BCUT2D eigenvalue weighted by molar-refractivity contribution is 0.102. The number of nitriles is 1. The molecule has 0 aliphatic rings. The van der Waals surface area contributed by atoms with Crippen LogP contribution in [0.15, 0.2) is 48.5 Å². The number of methoxy groups -OCH3 is 1. The smallest absolute Gasteiger partial charge is 0.259 e. The van der Waals surface area contributed by atoms with Crippen molar-refractivity contribution < 1.29 is 9.53 Å². The molecule has 2 rings (SSSR count). The van der Waals surface area contributed by atoms with E-state index < -0.39 is 0 Å². The van der Waals surface area contributed by atoms with E-state index in [0.717, 1.165) is 0 Å². The zero-order valence-corrected chi connectivity index (χ0v) is 10.4. The van der Waals surface area contributed by atoms with Gasteiger partial charge in [-0.15, -0.1) is 0 Å². The van der Waals surface area contributed by atoms with E-state index in [9.17, 15) is 4.79 Å². The lowest BCUT2D eigenvalue weighted by Crippen LogP contribution is -2.13. The second kappa shape index (κ2) is 5.69. The minimum absolute atomic E-state index is 0.248. The number of nitrogens with one attached hydrogen (secondary N) is 1. The molecular formula is C15H12N2O2. The number of carbonyl (C=O) groups is 1. The van der Waals surface area contributed by atoms with Crippen LogP contribution in [0.2, 0.25) is 0 Å². The Bertz CT molecular complexity index is 627. The van der Waals surface area contributed by atoms with E-state index in [0.29, 0.717) is 22.6 Å². The fourth-order valence-electron chi connectivity index (χ4n) is 1.66. The van der Waals surface area contributed by atoms with E-state index in [-0.39, 0.29) is 5.91 Å². The average molecular weight is 252 g/mol. The minimum atomic E-state index is -0.248. The molecule has 0 saturated heterocycles. The maximum absolute atomic E-state index is 12.1. The molecule has 4 heteroatoms. The van der Waals surface area contributed by atoms with Crippen LogP contribution in [0.3, 0.4) is 0 Å². The monoisotopic (exact) mass is 252 g/mol. The molecule has 19 heavy (non-hydrogen) atoms. The summed E-state index contributed by atoms with van der Waals surface area (Å²) in [6.45, 7) is 0. The van der Waals surface area contributed by atoms with Gasteiger partial charge < -0.3 is 10.1 Å². The van der Waals surface area contributed by atoms with Gasteiger partial charge in [0, 0.05) is 5.69 Å². The van der Waals surface area contributed by atoms with E-state index in [2.05, 4.69) is 5.32 Å². The summed E-state index contributed by atoms with van der Waals surface area (Å²) in [6.07, 6.45) is 0. The first-order valence-corrected chi connectivity index (χ1v) is 5.69. The molecule has 0 aliphatic heterocycles. The lowest BCUT2D eigenvalue weighted by atomic mass is 10.1. The normalized spacial score (nSPS) is 9.47. The summed E-state index contributed by atoms with van der Waals surface area (Å²) in [4.78, 5) is 12.1. The van der Waals surface area contributed by atoms with E-state index in [4.69, 9.17) is 10.00 Å². The second-order valence-electron chi connectivity index (χ2n) is 3.84. The lowest BCUT2D eigenvalue weighted by Gasteiger charge is -2.08. The van der Waals surface area contributed by atoms with Crippen molar-refractivity contribution >= 4 is 11.6 Å². The molecule has 0 aromatic heterocycles. The summed E-state index contributed by atoms with van der Waals surface area (Å²) in [5.41, 5.74) is 1.65. The number of nitrogens with zero attached hydrogens (tertiary/aromatic N) is 1. The Morgan fingerprint density at radius 2 is 1.84 bits per heavy atom. The van der Waals surface area contributed by atoms with Crippen molar-refractivity contribution in [2.45, 2.75) is 0 Å². The first-order chi connectivity index (χ1) is 9.24. The maximum Gasteiger partial charge on any atom is 0.259 e. The van der Waals surface area contributed by atoms with Crippen molar-refractivity contribution in [1.82, 2.24) is 0 Å². The summed E-state index contributed by atoms with van der Waals surface area (Å²) in [7, 11) is 1.52. The number of hydrogen-bond acceptors (Lipinski definition) is 3. The summed E-state index contributed by atoms with van der Waals surface area (Å²) in [5.74, 6) is 0.274. The molecule has 2 aromatic rings. The van der Waals surface area contributed by atoms with E-state index in [1.165, 1.54) is 7.11 Å². The van der Waals surface area contributed by atoms with Gasteiger partial charge in [-0.05, 0) is 36.4 Å². The molecule has 0 fully saturated rings. The molecule has 0 bridgehead atoms. The fraction of sp³-hybridized carbons (Fsp3) is 0.0667. The molecule has 0 atom stereocenters. The minimum Gasteiger partial charge on any atom is -0.496 e. The molecule has 4 nitrogen and oxygen atoms in total. The SMILES string of the molecule is COc1ccccc1C(=O)Nc1ccc(C#N)cc1. The maximum atomic E-state index is 12.1. The third kappa shape index (κ3) is 2.90. The summed E-state index contributed by atoms with van der Waals surface area (Å²) < 4.78 is 5.14. The molecule has 94 valence electrons. The van der Waals surface area contributed by atoms with Gasteiger partial charge in [0.1, 0.15) is 5.75 Å². The average Bonchev–Trinajstić information content (AvgIpc) is 2.48. The van der Waals surface area contributed by atoms with Gasteiger partial charge in [-0.2, -0.15) is 5.26 Å². The number of para-hydroxylation sites is 1. The van der Waals surface area contributed by atoms with Crippen LogP contribution < -0.4 is 10.1 Å². The second-order valence-corrected chi connectivity index (χ2v) is 3.84. The Labute approximate surface area is 111 Å². The predicted octanol–water partition coefficient (Wildman–Crippen LogP) is 2.82. The molecule has 0 unspecified atom stereocenters. The number of carbonyl (C=O) groups excluding carboxylic acids is 1. The van der Waals surface area contributed by atoms with Crippen LogP contribution in [0.5, 0.6) is 5.75 Å². The van der Waals surface area contributed by atoms with Gasteiger partial charge >= 0.3 is 0 Å². The van der Waals surface area contributed by atoms with Crippen LogP contribution in [-0.4, -0.2) is 13.0 Å². The third-order valence-corrected chi connectivity index (χ3v) is 2.62. The van der Waals surface area contributed by atoms with Crippen LogP contribution >= 0.6 is 0 Å². The number of hydrogen-bond donors (Lipinski definition) is 1. The van der Waals surface area contributed by atoms with Gasteiger partial charge in [0.15, 0.2) is 0 Å². The van der Waals surface area contributed by atoms with Gasteiger partial charge in [-0.3, -0.25) is 4.79 Å². The molecule has 0 heterocycles. The first-order valence-electron chi connectivity index (χ1n) is 5.69. The summed E-state index contributed by atoms with van der Waals surface area (Å²) in [6, 6.07) is 15.7. The van der Waals surface area contributed by atoms with Crippen LogP contribution in [0.1, 0.15) is 15.9 Å². The molecule has 0 saturated carbocycles. The highest BCUT2D eigenvalue weighted by Gasteiger charge is 2.11. The molecule has 0 aliphatic carbocycles.